The quantitative estimate of drug-likeness (QED) is 0.816. The van der Waals surface area contributed by atoms with Crippen molar-refractivity contribution < 1.29 is 9.90 Å². The number of pyridine rings is 1. The molecule has 1 aromatic heterocycles. The van der Waals surface area contributed by atoms with Gasteiger partial charge in [-0.15, -0.1) is 0 Å². The minimum absolute atomic E-state index is 0.198. The van der Waals surface area contributed by atoms with Crippen molar-refractivity contribution >= 4 is 17.3 Å². The first-order valence-corrected chi connectivity index (χ1v) is 6.38. The fraction of sp³-hybridized carbons (Fsp3) is 0.200. The Morgan fingerprint density at radius 3 is 2.75 bits per heavy atom. The zero-order valence-electron chi connectivity index (χ0n) is 11.3. The number of hydrogen-bond acceptors (Lipinski definition) is 4. The molecule has 0 bridgehead atoms. The molecule has 0 saturated carbocycles. The van der Waals surface area contributed by atoms with E-state index in [2.05, 4.69) is 9.88 Å². The Bertz CT molecular complexity index is 599. The summed E-state index contributed by atoms with van der Waals surface area (Å²) < 4.78 is 0. The van der Waals surface area contributed by atoms with Crippen LogP contribution < -0.4 is 10.6 Å². The number of benzene rings is 1. The van der Waals surface area contributed by atoms with Gasteiger partial charge in [0.1, 0.15) is 0 Å². The topological polar surface area (TPSA) is 79.5 Å². The lowest BCUT2D eigenvalue weighted by molar-refractivity contribution is 0.0697. The molecule has 5 nitrogen and oxygen atoms in total. The van der Waals surface area contributed by atoms with Crippen LogP contribution in [-0.2, 0) is 6.54 Å². The Morgan fingerprint density at radius 1 is 1.40 bits per heavy atom. The fourth-order valence-corrected chi connectivity index (χ4v) is 2.05. The van der Waals surface area contributed by atoms with E-state index in [0.717, 1.165) is 17.8 Å². The SMILES string of the molecule is CCN(Cc1cccnc1)c1ccc(C(=O)O)cc1N. The van der Waals surface area contributed by atoms with Crippen LogP contribution in [0.15, 0.2) is 42.7 Å². The lowest BCUT2D eigenvalue weighted by Crippen LogP contribution is -2.23. The first-order valence-electron chi connectivity index (χ1n) is 6.38. The number of aromatic nitrogens is 1. The van der Waals surface area contributed by atoms with Crippen molar-refractivity contribution in [1.29, 1.82) is 0 Å². The number of carboxylic acid groups (broad SMARTS) is 1. The molecule has 2 rings (SSSR count). The Balaban J connectivity index is 2.26. The molecule has 0 aliphatic rings. The van der Waals surface area contributed by atoms with Crippen LogP contribution in [0.4, 0.5) is 11.4 Å². The van der Waals surface area contributed by atoms with Crippen molar-refractivity contribution in [2.75, 3.05) is 17.2 Å². The number of nitrogens with zero attached hydrogens (tertiary/aromatic N) is 2. The number of nitrogens with two attached hydrogens (primary N) is 1. The smallest absolute Gasteiger partial charge is 0.335 e. The number of carboxylic acids is 1. The van der Waals surface area contributed by atoms with E-state index in [4.69, 9.17) is 10.8 Å². The van der Waals surface area contributed by atoms with Gasteiger partial charge in [0.05, 0.1) is 16.9 Å². The summed E-state index contributed by atoms with van der Waals surface area (Å²) in [6.45, 7) is 3.48. The van der Waals surface area contributed by atoms with E-state index < -0.39 is 5.97 Å². The number of aromatic carboxylic acids is 1. The second-order valence-electron chi connectivity index (χ2n) is 4.45. The summed E-state index contributed by atoms with van der Waals surface area (Å²) in [7, 11) is 0. The highest BCUT2D eigenvalue weighted by molar-refractivity contribution is 5.90. The number of anilines is 2. The van der Waals surface area contributed by atoms with Crippen molar-refractivity contribution in [1.82, 2.24) is 4.98 Å². The molecule has 0 unspecified atom stereocenters. The molecule has 20 heavy (non-hydrogen) atoms. The summed E-state index contributed by atoms with van der Waals surface area (Å²) in [6, 6.07) is 8.69. The second-order valence-corrected chi connectivity index (χ2v) is 4.45. The summed E-state index contributed by atoms with van der Waals surface area (Å²) in [5.41, 5.74) is 8.55. The van der Waals surface area contributed by atoms with E-state index >= 15 is 0 Å². The van der Waals surface area contributed by atoms with Crippen LogP contribution in [0.2, 0.25) is 0 Å². The number of hydrogen-bond donors (Lipinski definition) is 2. The highest BCUT2D eigenvalue weighted by Gasteiger charge is 2.11. The minimum Gasteiger partial charge on any atom is -0.478 e. The van der Waals surface area contributed by atoms with E-state index in [9.17, 15) is 4.79 Å². The molecule has 1 aromatic carbocycles. The standard InChI is InChI=1S/C15H17N3O2/c1-2-18(10-11-4-3-7-17-9-11)14-6-5-12(15(19)20)8-13(14)16/h3-9H,2,10,16H2,1H3,(H,19,20). The number of nitrogen functional groups attached to an aromatic ring is 1. The largest absolute Gasteiger partial charge is 0.478 e. The Labute approximate surface area is 117 Å². The zero-order valence-corrected chi connectivity index (χ0v) is 11.3. The molecular weight excluding hydrogens is 254 g/mol. The van der Waals surface area contributed by atoms with Crippen molar-refractivity contribution in [3.63, 3.8) is 0 Å². The summed E-state index contributed by atoms with van der Waals surface area (Å²) in [5.74, 6) is -0.974. The van der Waals surface area contributed by atoms with E-state index in [-0.39, 0.29) is 5.56 Å². The van der Waals surface area contributed by atoms with E-state index in [1.165, 1.54) is 6.07 Å². The van der Waals surface area contributed by atoms with Crippen molar-refractivity contribution in [2.24, 2.45) is 0 Å². The first-order chi connectivity index (χ1) is 9.61. The maximum absolute atomic E-state index is 10.9. The van der Waals surface area contributed by atoms with Crippen LogP contribution in [0, 0.1) is 0 Å². The van der Waals surface area contributed by atoms with Gasteiger partial charge in [-0.1, -0.05) is 6.07 Å². The monoisotopic (exact) mass is 271 g/mol. The minimum atomic E-state index is -0.974. The maximum Gasteiger partial charge on any atom is 0.335 e. The number of rotatable bonds is 5. The van der Waals surface area contributed by atoms with Gasteiger partial charge in [-0.2, -0.15) is 0 Å². The normalized spacial score (nSPS) is 10.2. The summed E-state index contributed by atoms with van der Waals surface area (Å²) in [4.78, 5) is 17.1. The van der Waals surface area contributed by atoms with E-state index in [1.54, 1.807) is 18.3 Å². The van der Waals surface area contributed by atoms with Crippen LogP contribution in [0.5, 0.6) is 0 Å². The summed E-state index contributed by atoms with van der Waals surface area (Å²) in [6.07, 6.45) is 3.54. The molecule has 0 radical (unpaired) electrons. The van der Waals surface area contributed by atoms with Crippen molar-refractivity contribution in [2.45, 2.75) is 13.5 Å². The van der Waals surface area contributed by atoms with Gasteiger partial charge >= 0.3 is 5.97 Å². The van der Waals surface area contributed by atoms with Crippen LogP contribution in [0.1, 0.15) is 22.8 Å². The maximum atomic E-state index is 10.9. The van der Waals surface area contributed by atoms with E-state index in [0.29, 0.717) is 12.2 Å². The highest BCUT2D eigenvalue weighted by Crippen LogP contribution is 2.25. The Morgan fingerprint density at radius 2 is 2.20 bits per heavy atom. The van der Waals surface area contributed by atoms with Gasteiger partial charge in [-0.25, -0.2) is 4.79 Å². The third kappa shape index (κ3) is 3.06. The molecule has 1 heterocycles. The third-order valence-corrected chi connectivity index (χ3v) is 3.09. The molecule has 0 aliphatic carbocycles. The lowest BCUT2D eigenvalue weighted by atomic mass is 10.1. The molecular formula is C15H17N3O2. The molecule has 3 N–H and O–H groups in total. The van der Waals surface area contributed by atoms with Crippen LogP contribution in [0.25, 0.3) is 0 Å². The molecule has 0 fully saturated rings. The van der Waals surface area contributed by atoms with Crippen molar-refractivity contribution in [3.05, 3.63) is 53.9 Å². The second kappa shape index (κ2) is 6.06. The Hall–Kier alpha value is -2.56. The zero-order chi connectivity index (χ0) is 14.5. The van der Waals surface area contributed by atoms with Gasteiger partial charge in [0.25, 0.3) is 0 Å². The molecule has 0 amide bonds. The predicted octanol–water partition coefficient (Wildman–Crippen LogP) is 2.39. The molecule has 104 valence electrons. The van der Waals surface area contributed by atoms with Crippen LogP contribution in [0.3, 0.4) is 0 Å². The van der Waals surface area contributed by atoms with Gasteiger partial charge in [-0.3, -0.25) is 4.98 Å². The summed E-state index contributed by atoms with van der Waals surface area (Å²) >= 11 is 0. The molecule has 2 aromatic rings. The van der Waals surface area contributed by atoms with Gasteiger partial charge in [0.15, 0.2) is 0 Å². The van der Waals surface area contributed by atoms with Gasteiger partial charge in [-0.05, 0) is 36.8 Å². The van der Waals surface area contributed by atoms with Gasteiger partial charge in [0.2, 0.25) is 0 Å². The van der Waals surface area contributed by atoms with Crippen LogP contribution >= 0.6 is 0 Å². The molecule has 0 spiro atoms. The molecule has 0 aliphatic heterocycles. The Kier molecular flexibility index (Phi) is 4.20. The molecule has 5 heteroatoms. The number of carbonyl (C=O) groups is 1. The van der Waals surface area contributed by atoms with Crippen LogP contribution in [-0.4, -0.2) is 22.6 Å². The average Bonchev–Trinajstić information content (AvgIpc) is 2.46. The van der Waals surface area contributed by atoms with Crippen molar-refractivity contribution in [3.8, 4) is 0 Å². The lowest BCUT2D eigenvalue weighted by Gasteiger charge is -2.24. The van der Waals surface area contributed by atoms with Gasteiger partial charge < -0.3 is 15.7 Å². The molecule has 0 saturated heterocycles. The average molecular weight is 271 g/mol. The predicted molar refractivity (Wildman–Crippen MR) is 78.8 cm³/mol. The third-order valence-electron chi connectivity index (χ3n) is 3.09. The summed E-state index contributed by atoms with van der Waals surface area (Å²) in [5, 5.41) is 8.95. The van der Waals surface area contributed by atoms with E-state index in [1.807, 2.05) is 25.3 Å². The van der Waals surface area contributed by atoms with Gasteiger partial charge in [0, 0.05) is 25.5 Å². The fourth-order valence-electron chi connectivity index (χ4n) is 2.05. The highest BCUT2D eigenvalue weighted by atomic mass is 16.4. The molecule has 0 atom stereocenters. The first kappa shape index (κ1) is 13.9.